The van der Waals surface area contributed by atoms with Gasteiger partial charge in [-0.3, -0.25) is 14.5 Å². The van der Waals surface area contributed by atoms with E-state index in [0.717, 1.165) is 0 Å². The first-order valence-corrected chi connectivity index (χ1v) is 9.43. The Bertz CT molecular complexity index is 1210. The minimum absolute atomic E-state index is 0.00384. The van der Waals surface area contributed by atoms with Crippen LogP contribution in [0.1, 0.15) is 38.0 Å². The maximum absolute atomic E-state index is 13.3. The lowest BCUT2D eigenvalue weighted by atomic mass is 9.94. The van der Waals surface area contributed by atoms with Crippen LogP contribution in [0.4, 0.5) is 19.0 Å². The normalized spacial score (nSPS) is 16.1. The molecule has 0 bridgehead atoms. The van der Waals surface area contributed by atoms with Crippen molar-refractivity contribution in [1.82, 2.24) is 14.8 Å². The van der Waals surface area contributed by atoms with Crippen LogP contribution < -0.4 is 5.32 Å². The summed E-state index contributed by atoms with van der Waals surface area (Å²) in [6.07, 6.45) is -3.83. The van der Waals surface area contributed by atoms with Crippen molar-refractivity contribution < 1.29 is 20.7 Å². The molecule has 1 aromatic carbocycles. The lowest BCUT2D eigenvalue weighted by Crippen LogP contribution is -2.28. The predicted octanol–water partition coefficient (Wildman–Crippen LogP) is 3.97. The molecule has 31 heavy (non-hydrogen) atoms. The van der Waals surface area contributed by atoms with Gasteiger partial charge in [0.15, 0.2) is 5.82 Å². The highest BCUT2D eigenvalue weighted by Gasteiger charge is 2.64. The van der Waals surface area contributed by atoms with E-state index in [9.17, 15) is 18.0 Å². The number of anilines is 1. The lowest BCUT2D eigenvalue weighted by Gasteiger charge is -2.19. The van der Waals surface area contributed by atoms with E-state index in [1.54, 1.807) is 18.3 Å². The molecule has 1 fully saturated rings. The van der Waals surface area contributed by atoms with Crippen LogP contribution in [-0.4, -0.2) is 26.8 Å². The first kappa shape index (κ1) is 18.1. The second kappa shape index (κ2) is 7.87. The third-order valence-corrected chi connectivity index (χ3v) is 5.15. The van der Waals surface area contributed by atoms with E-state index >= 15 is 0 Å². The summed E-state index contributed by atoms with van der Waals surface area (Å²) >= 11 is 0. The molecule has 6 nitrogen and oxygen atoms in total. The molecule has 0 atom stereocenters. The Morgan fingerprint density at radius 1 is 1.23 bits per heavy atom. The van der Waals surface area contributed by atoms with Crippen molar-refractivity contribution in [3.63, 3.8) is 0 Å². The van der Waals surface area contributed by atoms with Crippen LogP contribution >= 0.6 is 0 Å². The number of hydrogen-bond acceptors (Lipinski definition) is 4. The molecular formula is C22H18F3N5O. The number of amides is 1. The quantitative estimate of drug-likeness (QED) is 0.645. The number of alkyl halides is 3. The van der Waals surface area contributed by atoms with Crippen molar-refractivity contribution in [3.05, 3.63) is 77.2 Å². The number of rotatable bonds is 6. The van der Waals surface area contributed by atoms with Crippen LogP contribution in [0.15, 0.2) is 54.9 Å². The second-order valence-electron chi connectivity index (χ2n) is 7.28. The largest absolute Gasteiger partial charge is 0.398 e. The second-order valence-corrected chi connectivity index (χ2v) is 7.28. The average molecular weight is 427 g/mol. The van der Waals surface area contributed by atoms with Crippen LogP contribution in [0.25, 0.3) is 0 Å². The van der Waals surface area contributed by atoms with Crippen molar-refractivity contribution >= 4 is 11.7 Å². The number of nitrogens with one attached hydrogen (secondary N) is 1. The summed E-state index contributed by atoms with van der Waals surface area (Å²) in [7, 11) is 0. The van der Waals surface area contributed by atoms with Gasteiger partial charge in [0.05, 0.1) is 29.6 Å². The Balaban J connectivity index is 1.43. The van der Waals surface area contributed by atoms with Crippen LogP contribution in [0.5, 0.6) is 0 Å². The zero-order valence-corrected chi connectivity index (χ0v) is 16.1. The molecule has 2 aromatic heterocycles. The van der Waals surface area contributed by atoms with Crippen LogP contribution in [0, 0.1) is 11.3 Å². The molecule has 0 radical (unpaired) electrons. The number of nitrogens with zero attached hydrogens (tertiary/aromatic N) is 4. The highest BCUT2D eigenvalue weighted by atomic mass is 19.4. The van der Waals surface area contributed by atoms with E-state index < -0.39 is 23.9 Å². The van der Waals surface area contributed by atoms with Gasteiger partial charge in [0.25, 0.3) is 0 Å². The van der Waals surface area contributed by atoms with Crippen molar-refractivity contribution in [2.24, 2.45) is 0 Å². The zero-order valence-electron chi connectivity index (χ0n) is 18.1. The van der Waals surface area contributed by atoms with Crippen molar-refractivity contribution in [1.29, 1.82) is 5.26 Å². The number of hydrogen-bond donors (Lipinski definition) is 1. The van der Waals surface area contributed by atoms with Crippen molar-refractivity contribution in [3.8, 4) is 6.07 Å². The van der Waals surface area contributed by atoms with Gasteiger partial charge < -0.3 is 5.32 Å². The van der Waals surface area contributed by atoms with Gasteiger partial charge in [0.1, 0.15) is 6.07 Å². The van der Waals surface area contributed by atoms with E-state index in [0.29, 0.717) is 11.3 Å². The monoisotopic (exact) mass is 427 g/mol. The van der Waals surface area contributed by atoms with Crippen LogP contribution in [0.3, 0.4) is 0 Å². The molecule has 9 heteroatoms. The van der Waals surface area contributed by atoms with Gasteiger partial charge in [0, 0.05) is 21.2 Å². The fourth-order valence-electron chi connectivity index (χ4n) is 3.28. The first-order valence-electron chi connectivity index (χ1n) is 10.4. The van der Waals surface area contributed by atoms with E-state index in [1.165, 1.54) is 41.2 Å². The molecule has 4 rings (SSSR count). The minimum Gasteiger partial charge on any atom is -0.309 e. The van der Waals surface area contributed by atoms with Crippen LogP contribution in [0.2, 0.25) is 0 Å². The van der Waals surface area contributed by atoms with Gasteiger partial charge in [-0.1, -0.05) is 24.3 Å². The number of pyridine rings is 1. The maximum atomic E-state index is 13.3. The highest BCUT2D eigenvalue weighted by molar-refractivity contribution is 5.91. The van der Waals surface area contributed by atoms with Crippen molar-refractivity contribution in [2.45, 2.75) is 37.4 Å². The molecule has 0 unspecified atom stereocenters. The van der Waals surface area contributed by atoms with Gasteiger partial charge in [-0.2, -0.15) is 23.5 Å². The van der Waals surface area contributed by atoms with E-state index in [4.69, 9.17) is 8.00 Å². The van der Waals surface area contributed by atoms with Gasteiger partial charge in [0.2, 0.25) is 5.91 Å². The molecule has 0 saturated heterocycles. The van der Waals surface area contributed by atoms with Gasteiger partial charge in [-0.15, -0.1) is 0 Å². The zero-order chi connectivity index (χ0) is 23.9. The Labute approximate surface area is 179 Å². The molecular weight excluding hydrogens is 407 g/mol. The number of benzene rings is 1. The summed E-state index contributed by atoms with van der Waals surface area (Å²) in [4.78, 5) is 16.7. The molecule has 0 spiro atoms. The van der Waals surface area contributed by atoms with E-state index in [2.05, 4.69) is 15.4 Å². The van der Waals surface area contributed by atoms with Gasteiger partial charge in [-0.05, 0) is 36.1 Å². The van der Waals surface area contributed by atoms with Gasteiger partial charge >= 0.3 is 6.18 Å². The molecule has 3 aromatic rings. The molecule has 1 saturated carbocycles. The third-order valence-electron chi connectivity index (χ3n) is 5.15. The Morgan fingerprint density at radius 2 is 1.97 bits per heavy atom. The van der Waals surface area contributed by atoms with E-state index in [1.807, 2.05) is 6.07 Å². The van der Waals surface area contributed by atoms with Gasteiger partial charge in [-0.25, -0.2) is 0 Å². The first-order chi connectivity index (χ1) is 15.5. The topological polar surface area (TPSA) is 83.6 Å². The fraction of sp³-hybridized carbons (Fsp3) is 0.273. The summed E-state index contributed by atoms with van der Waals surface area (Å²) in [5.74, 6) is -0.878. The molecule has 1 amide bonds. The highest BCUT2D eigenvalue weighted by Crippen LogP contribution is 2.58. The Morgan fingerprint density at radius 3 is 2.55 bits per heavy atom. The Kier molecular flexibility index (Phi) is 4.60. The standard InChI is InChI=1S/C22H18F3N5O/c23-22(24,25)21(8-9-21)17-4-1-15(2-5-17)11-20(31)28-19-7-10-30(29-19)14-18-6-3-16(12-26)13-27-18/h1-7,10,13H,8-9,11,14H2,(H,28,29,31)/i11D2. The number of aromatic nitrogens is 3. The molecule has 1 N–H and O–H groups in total. The number of carbonyl (C=O) groups excluding carboxylic acids is 1. The molecule has 2 heterocycles. The molecule has 158 valence electrons. The smallest absolute Gasteiger partial charge is 0.309 e. The number of nitriles is 1. The summed E-state index contributed by atoms with van der Waals surface area (Å²) < 4.78 is 57.7. The molecule has 1 aliphatic carbocycles. The fourth-order valence-corrected chi connectivity index (χ4v) is 3.28. The summed E-state index contributed by atoms with van der Waals surface area (Å²) in [5.41, 5.74) is -0.782. The lowest BCUT2D eigenvalue weighted by molar-refractivity contribution is -0.160. The summed E-state index contributed by atoms with van der Waals surface area (Å²) in [6, 6.07) is 11.7. The number of halogens is 3. The summed E-state index contributed by atoms with van der Waals surface area (Å²) in [6.45, 7) is 0.275. The minimum atomic E-state index is -4.36. The van der Waals surface area contributed by atoms with E-state index in [-0.39, 0.29) is 36.3 Å². The Hall–Kier alpha value is -3.67. The third kappa shape index (κ3) is 4.43. The van der Waals surface area contributed by atoms with Crippen molar-refractivity contribution in [2.75, 3.05) is 5.32 Å². The summed E-state index contributed by atoms with van der Waals surface area (Å²) in [5, 5.41) is 15.4. The number of carbonyl (C=O) groups is 1. The van der Waals surface area contributed by atoms with Crippen LogP contribution in [-0.2, 0) is 23.1 Å². The molecule has 1 aliphatic rings. The predicted molar refractivity (Wildman–Crippen MR) is 106 cm³/mol. The maximum Gasteiger partial charge on any atom is 0.398 e. The molecule has 0 aliphatic heterocycles. The SMILES string of the molecule is [2H]C([2H])(C(=O)Nc1ccn(Cc2ccc(C#N)cn2)n1)c1ccc(C2(C(F)(F)F)CC2)cc1. The average Bonchev–Trinajstić information content (AvgIpc) is 3.50.